The highest BCUT2D eigenvalue weighted by Gasteiger charge is 2.18. The first-order valence-electron chi connectivity index (χ1n) is 7.30. The van der Waals surface area contributed by atoms with Crippen LogP contribution in [0, 0.1) is 5.92 Å². The van der Waals surface area contributed by atoms with Crippen molar-refractivity contribution in [1.82, 2.24) is 4.90 Å². The highest BCUT2D eigenvalue weighted by Crippen LogP contribution is 2.17. The largest absolute Gasteiger partial charge is 0.393 e. The van der Waals surface area contributed by atoms with E-state index in [2.05, 4.69) is 12.7 Å². The molecule has 0 saturated carbocycles. The van der Waals surface area contributed by atoms with E-state index < -0.39 is 6.10 Å². The first-order valence-corrected chi connectivity index (χ1v) is 7.30. The Morgan fingerprint density at radius 3 is 2.42 bits per heavy atom. The maximum Gasteiger partial charge on any atom is 0.222 e. The minimum Gasteiger partial charge on any atom is -0.393 e. The van der Waals surface area contributed by atoms with Crippen LogP contribution < -0.4 is 0 Å². The summed E-state index contributed by atoms with van der Waals surface area (Å²) in [7, 11) is 0. The fourth-order valence-electron chi connectivity index (χ4n) is 2.14. The quantitative estimate of drug-likeness (QED) is 0.618. The van der Waals surface area contributed by atoms with Gasteiger partial charge < -0.3 is 10.0 Å². The van der Waals surface area contributed by atoms with Gasteiger partial charge >= 0.3 is 0 Å². The Hall–Kier alpha value is -1.09. The summed E-state index contributed by atoms with van der Waals surface area (Å²) in [4.78, 5) is 13.7. The molecule has 0 aromatic carbocycles. The van der Waals surface area contributed by atoms with Crippen molar-refractivity contribution in [3.05, 3.63) is 24.8 Å². The Bertz CT molecular complexity index is 282. The van der Waals surface area contributed by atoms with Gasteiger partial charge in [0.15, 0.2) is 0 Å². The predicted molar refractivity (Wildman–Crippen MR) is 80.9 cm³/mol. The zero-order chi connectivity index (χ0) is 14.7. The number of carbonyl (C=O) groups excluding carboxylic acids is 1. The second-order valence-electron chi connectivity index (χ2n) is 4.72. The molecule has 0 fully saturated rings. The smallest absolute Gasteiger partial charge is 0.222 e. The van der Waals surface area contributed by atoms with Crippen LogP contribution in [0.25, 0.3) is 0 Å². The van der Waals surface area contributed by atoms with Crippen molar-refractivity contribution in [1.29, 1.82) is 0 Å². The van der Waals surface area contributed by atoms with E-state index in [1.165, 1.54) is 0 Å². The van der Waals surface area contributed by atoms with Crippen LogP contribution in [-0.2, 0) is 4.79 Å². The molecule has 0 spiro atoms. The number of carbonyl (C=O) groups is 1. The molecular formula is C16H29NO2. The topological polar surface area (TPSA) is 40.5 Å². The van der Waals surface area contributed by atoms with Gasteiger partial charge in [-0.2, -0.15) is 0 Å². The summed E-state index contributed by atoms with van der Waals surface area (Å²) < 4.78 is 0. The number of rotatable bonds is 10. The number of nitrogens with zero attached hydrogens (tertiary/aromatic N) is 1. The molecule has 3 heteroatoms. The molecule has 0 saturated heterocycles. The summed E-state index contributed by atoms with van der Waals surface area (Å²) in [5.74, 6) is 0.195. The summed E-state index contributed by atoms with van der Waals surface area (Å²) in [5.41, 5.74) is 0. The molecular weight excluding hydrogens is 238 g/mol. The van der Waals surface area contributed by atoms with Crippen LogP contribution in [0.5, 0.6) is 0 Å². The molecule has 1 N–H and O–H groups in total. The number of hydrogen-bond donors (Lipinski definition) is 1. The number of allylic oxidation sites excluding steroid dienone is 2. The van der Waals surface area contributed by atoms with Crippen LogP contribution in [0.2, 0.25) is 0 Å². The van der Waals surface area contributed by atoms with Crippen molar-refractivity contribution in [2.75, 3.05) is 13.1 Å². The van der Waals surface area contributed by atoms with Gasteiger partial charge in [0, 0.05) is 25.4 Å². The van der Waals surface area contributed by atoms with Gasteiger partial charge in [-0.15, -0.1) is 6.58 Å². The van der Waals surface area contributed by atoms with Gasteiger partial charge in [-0.1, -0.05) is 18.2 Å². The van der Waals surface area contributed by atoms with E-state index in [0.29, 0.717) is 12.8 Å². The minimum absolute atomic E-state index is 0.0701. The Balaban J connectivity index is 4.15. The van der Waals surface area contributed by atoms with Crippen LogP contribution >= 0.6 is 0 Å². The third-order valence-corrected chi connectivity index (χ3v) is 3.47. The van der Waals surface area contributed by atoms with E-state index in [-0.39, 0.29) is 11.8 Å². The molecule has 0 heterocycles. The van der Waals surface area contributed by atoms with Gasteiger partial charge in [-0.3, -0.25) is 4.79 Å². The van der Waals surface area contributed by atoms with Crippen LogP contribution in [0.15, 0.2) is 24.8 Å². The molecule has 0 aromatic heterocycles. The second-order valence-corrected chi connectivity index (χ2v) is 4.72. The lowest BCUT2D eigenvalue weighted by molar-refractivity contribution is -0.131. The van der Waals surface area contributed by atoms with E-state index >= 15 is 0 Å². The molecule has 0 aliphatic heterocycles. The molecule has 0 radical (unpaired) electrons. The van der Waals surface area contributed by atoms with Gasteiger partial charge in [-0.05, 0) is 40.0 Å². The van der Waals surface area contributed by atoms with Gasteiger partial charge in [0.1, 0.15) is 0 Å². The van der Waals surface area contributed by atoms with Crippen LogP contribution in [0.3, 0.4) is 0 Å². The zero-order valence-electron chi connectivity index (χ0n) is 12.6. The molecule has 0 rings (SSSR count). The molecule has 19 heavy (non-hydrogen) atoms. The zero-order valence-corrected chi connectivity index (χ0v) is 12.6. The lowest BCUT2D eigenvalue weighted by Crippen LogP contribution is -2.31. The molecule has 0 aromatic rings. The first kappa shape index (κ1) is 17.9. The van der Waals surface area contributed by atoms with Crippen molar-refractivity contribution in [3.8, 4) is 0 Å². The van der Waals surface area contributed by atoms with E-state index in [9.17, 15) is 9.90 Å². The van der Waals surface area contributed by atoms with Crippen molar-refractivity contribution < 1.29 is 9.90 Å². The Morgan fingerprint density at radius 1 is 1.32 bits per heavy atom. The summed E-state index contributed by atoms with van der Waals surface area (Å²) in [6.07, 6.45) is 8.18. The van der Waals surface area contributed by atoms with Gasteiger partial charge in [0.25, 0.3) is 0 Å². The van der Waals surface area contributed by atoms with Gasteiger partial charge in [0.2, 0.25) is 5.91 Å². The third-order valence-electron chi connectivity index (χ3n) is 3.47. The molecule has 110 valence electrons. The monoisotopic (exact) mass is 267 g/mol. The SMILES string of the molecule is C=C[C@H](CC/C=C/C)[C@H](O)CCC(=O)N(CC)CC. The van der Waals surface area contributed by atoms with Crippen LogP contribution in [-0.4, -0.2) is 35.1 Å². The summed E-state index contributed by atoms with van der Waals surface area (Å²) in [6, 6.07) is 0. The maximum atomic E-state index is 11.9. The fourth-order valence-corrected chi connectivity index (χ4v) is 2.14. The number of aliphatic hydroxyl groups excluding tert-OH is 1. The fraction of sp³-hybridized carbons (Fsp3) is 0.688. The maximum absolute atomic E-state index is 11.9. The van der Waals surface area contributed by atoms with Crippen LogP contribution in [0.4, 0.5) is 0 Å². The number of hydrogen-bond acceptors (Lipinski definition) is 2. The first-order chi connectivity index (χ1) is 9.10. The lowest BCUT2D eigenvalue weighted by Gasteiger charge is -2.22. The predicted octanol–water partition coefficient (Wildman–Crippen LogP) is 3.15. The average Bonchev–Trinajstić information content (AvgIpc) is 2.42. The van der Waals surface area contributed by atoms with E-state index in [1.807, 2.05) is 26.8 Å². The van der Waals surface area contributed by atoms with Crippen molar-refractivity contribution in [3.63, 3.8) is 0 Å². The average molecular weight is 267 g/mol. The standard InChI is InChI=1S/C16H29NO2/c1-5-9-10-11-14(6-2)15(18)12-13-16(19)17(7-3)8-4/h5-6,9,14-15,18H,2,7-8,10-13H2,1,3-4H3/b9-5+/t14-,15-/m1/s1. The van der Waals surface area contributed by atoms with Crippen molar-refractivity contribution in [2.24, 2.45) is 5.92 Å². The molecule has 2 atom stereocenters. The van der Waals surface area contributed by atoms with E-state index in [4.69, 9.17) is 0 Å². The van der Waals surface area contributed by atoms with E-state index in [0.717, 1.165) is 25.9 Å². The molecule has 0 aliphatic carbocycles. The summed E-state index contributed by atoms with van der Waals surface area (Å²) in [6.45, 7) is 11.2. The van der Waals surface area contributed by atoms with Crippen molar-refractivity contribution >= 4 is 5.91 Å². The molecule has 1 amide bonds. The summed E-state index contributed by atoms with van der Waals surface area (Å²) in [5, 5.41) is 10.1. The normalized spacial score (nSPS) is 14.3. The Kier molecular flexibility index (Phi) is 10.2. The number of aliphatic hydroxyl groups is 1. The highest BCUT2D eigenvalue weighted by atomic mass is 16.3. The number of amides is 1. The molecule has 0 unspecified atom stereocenters. The Morgan fingerprint density at radius 2 is 1.95 bits per heavy atom. The molecule has 3 nitrogen and oxygen atoms in total. The molecule has 0 bridgehead atoms. The minimum atomic E-state index is -0.470. The van der Waals surface area contributed by atoms with Crippen LogP contribution in [0.1, 0.15) is 46.5 Å². The van der Waals surface area contributed by atoms with E-state index in [1.54, 1.807) is 11.0 Å². The molecule has 0 aliphatic rings. The highest BCUT2D eigenvalue weighted by molar-refractivity contribution is 5.76. The van der Waals surface area contributed by atoms with Gasteiger partial charge in [0.05, 0.1) is 6.10 Å². The Labute approximate surface area is 118 Å². The second kappa shape index (κ2) is 10.8. The summed E-state index contributed by atoms with van der Waals surface area (Å²) >= 11 is 0. The lowest BCUT2D eigenvalue weighted by atomic mass is 9.93. The van der Waals surface area contributed by atoms with Crippen molar-refractivity contribution in [2.45, 2.75) is 52.6 Å². The third kappa shape index (κ3) is 7.16. The van der Waals surface area contributed by atoms with Gasteiger partial charge in [-0.25, -0.2) is 0 Å².